The Morgan fingerprint density at radius 2 is 2.06 bits per heavy atom. The lowest BCUT2D eigenvalue weighted by atomic mass is 10.2. The van der Waals surface area contributed by atoms with E-state index in [1.807, 2.05) is 19.1 Å². The Kier molecular flexibility index (Phi) is 7.14. The molecule has 2 heterocycles. The second-order valence-corrected chi connectivity index (χ2v) is 11.5. The van der Waals surface area contributed by atoms with E-state index in [1.54, 1.807) is 35.2 Å². The van der Waals surface area contributed by atoms with Gasteiger partial charge in [0.1, 0.15) is 0 Å². The number of ether oxygens (including phenoxy) is 1. The molecule has 0 bridgehead atoms. The van der Waals surface area contributed by atoms with Gasteiger partial charge in [0.25, 0.3) is 0 Å². The Hall–Kier alpha value is -2.00. The Bertz CT molecular complexity index is 1210. The normalized spacial score (nSPS) is 16.5. The molecule has 1 aromatic heterocycles. The van der Waals surface area contributed by atoms with Crippen LogP contribution >= 0.6 is 22.9 Å². The molecule has 1 aliphatic heterocycles. The summed E-state index contributed by atoms with van der Waals surface area (Å²) in [6.07, 6.45) is 2.18. The van der Waals surface area contributed by atoms with Crippen molar-refractivity contribution in [2.24, 2.45) is 0 Å². The van der Waals surface area contributed by atoms with Gasteiger partial charge in [-0.1, -0.05) is 41.1 Å². The minimum Gasteiger partial charge on any atom is -0.376 e. The number of halogens is 1. The Labute approximate surface area is 197 Å². The number of amides is 1. The quantitative estimate of drug-likeness (QED) is 0.441. The van der Waals surface area contributed by atoms with E-state index >= 15 is 0 Å². The van der Waals surface area contributed by atoms with Gasteiger partial charge in [-0.3, -0.25) is 9.69 Å². The van der Waals surface area contributed by atoms with Crippen molar-refractivity contribution in [1.29, 1.82) is 0 Å². The van der Waals surface area contributed by atoms with Crippen molar-refractivity contribution >= 4 is 54.0 Å². The van der Waals surface area contributed by atoms with Crippen LogP contribution in [0.3, 0.4) is 0 Å². The van der Waals surface area contributed by atoms with Crippen LogP contribution in [0, 0.1) is 6.92 Å². The summed E-state index contributed by atoms with van der Waals surface area (Å²) in [6.45, 7) is 3.05. The summed E-state index contributed by atoms with van der Waals surface area (Å²) in [5.41, 5.74) is 1.78. The summed E-state index contributed by atoms with van der Waals surface area (Å²) in [7, 11) is -3.42. The topological polar surface area (TPSA) is 76.6 Å². The van der Waals surface area contributed by atoms with Crippen molar-refractivity contribution in [3.8, 4) is 0 Å². The van der Waals surface area contributed by atoms with Gasteiger partial charge >= 0.3 is 0 Å². The zero-order valence-electron chi connectivity index (χ0n) is 17.8. The molecular weight excluding hydrogens is 468 g/mol. The molecule has 0 spiro atoms. The van der Waals surface area contributed by atoms with Crippen LogP contribution in [-0.4, -0.2) is 44.3 Å². The van der Waals surface area contributed by atoms with Gasteiger partial charge in [-0.05, 0) is 56.0 Å². The van der Waals surface area contributed by atoms with Gasteiger partial charge < -0.3 is 4.74 Å². The van der Waals surface area contributed by atoms with Crippen LogP contribution in [0.1, 0.15) is 31.2 Å². The molecule has 1 atom stereocenters. The lowest BCUT2D eigenvalue weighted by molar-refractivity contribution is -0.119. The second-order valence-electron chi connectivity index (χ2n) is 7.94. The van der Waals surface area contributed by atoms with E-state index in [1.165, 1.54) is 11.3 Å². The monoisotopic (exact) mass is 492 g/mol. The SMILES string of the molecule is Cc1cc(Cl)cc2sc(N(CC3CCCO3)C(=O)CCCS(=O)(=O)c3ccccc3)nc12. The number of anilines is 1. The van der Waals surface area contributed by atoms with E-state index in [9.17, 15) is 13.2 Å². The number of hydrogen-bond donors (Lipinski definition) is 0. The van der Waals surface area contributed by atoms with Gasteiger partial charge in [-0.2, -0.15) is 0 Å². The molecule has 0 radical (unpaired) electrons. The predicted octanol–water partition coefficient (Wildman–Crippen LogP) is 5.02. The van der Waals surface area contributed by atoms with E-state index in [0.29, 0.717) is 23.3 Å². The molecule has 1 fully saturated rings. The van der Waals surface area contributed by atoms with Crippen LogP contribution in [0.4, 0.5) is 5.13 Å². The number of rotatable bonds is 8. The molecule has 3 aromatic rings. The van der Waals surface area contributed by atoms with Gasteiger partial charge in [0.05, 0.1) is 33.5 Å². The minimum absolute atomic E-state index is 0.0382. The van der Waals surface area contributed by atoms with Crippen LogP contribution < -0.4 is 4.90 Å². The highest BCUT2D eigenvalue weighted by molar-refractivity contribution is 7.91. The summed E-state index contributed by atoms with van der Waals surface area (Å²) in [4.78, 5) is 19.8. The lowest BCUT2D eigenvalue weighted by Gasteiger charge is -2.23. The highest BCUT2D eigenvalue weighted by Gasteiger charge is 2.27. The van der Waals surface area contributed by atoms with Crippen molar-refractivity contribution in [3.05, 3.63) is 53.1 Å². The molecule has 0 aliphatic carbocycles. The molecule has 1 saturated heterocycles. The number of benzene rings is 2. The first kappa shape index (κ1) is 23.2. The highest BCUT2D eigenvalue weighted by atomic mass is 35.5. The van der Waals surface area contributed by atoms with E-state index < -0.39 is 9.84 Å². The first-order valence-corrected chi connectivity index (χ1v) is 13.4. The highest BCUT2D eigenvalue weighted by Crippen LogP contribution is 2.34. The number of carbonyl (C=O) groups excluding carboxylic acids is 1. The maximum absolute atomic E-state index is 13.2. The maximum Gasteiger partial charge on any atom is 0.228 e. The van der Waals surface area contributed by atoms with Crippen molar-refractivity contribution < 1.29 is 17.9 Å². The first-order chi connectivity index (χ1) is 15.3. The molecular formula is C23H25ClN2O4S2. The fourth-order valence-electron chi connectivity index (χ4n) is 3.83. The van der Waals surface area contributed by atoms with Gasteiger partial charge in [0.2, 0.25) is 5.91 Å². The summed E-state index contributed by atoms with van der Waals surface area (Å²) < 4.78 is 31.8. The fourth-order valence-corrected chi connectivity index (χ4v) is 6.61. The molecule has 170 valence electrons. The van der Waals surface area contributed by atoms with Crippen molar-refractivity contribution in [2.75, 3.05) is 23.8 Å². The average Bonchev–Trinajstić information content (AvgIpc) is 3.42. The van der Waals surface area contributed by atoms with Crippen LogP contribution in [0.2, 0.25) is 5.02 Å². The van der Waals surface area contributed by atoms with E-state index in [4.69, 9.17) is 21.3 Å². The number of fused-ring (bicyclic) bond motifs is 1. The standard InChI is InChI=1S/C23H25ClN2O4S2/c1-16-13-17(24)14-20-22(16)25-23(31-20)26(15-18-7-5-11-30-18)21(27)10-6-12-32(28,29)19-8-3-2-4-9-19/h2-4,8-9,13-14,18H,5-7,10-12,15H2,1H3. The molecule has 2 aromatic carbocycles. The molecule has 1 aliphatic rings. The van der Waals surface area contributed by atoms with Gasteiger partial charge in [0, 0.05) is 18.1 Å². The van der Waals surface area contributed by atoms with Gasteiger partial charge in [0.15, 0.2) is 15.0 Å². The molecule has 9 heteroatoms. The predicted molar refractivity (Wildman–Crippen MR) is 128 cm³/mol. The van der Waals surface area contributed by atoms with Gasteiger partial charge in [-0.15, -0.1) is 0 Å². The zero-order chi connectivity index (χ0) is 22.7. The van der Waals surface area contributed by atoms with E-state index in [2.05, 4.69) is 0 Å². The maximum atomic E-state index is 13.2. The van der Waals surface area contributed by atoms with Crippen LogP contribution in [0.25, 0.3) is 10.2 Å². The summed E-state index contributed by atoms with van der Waals surface area (Å²) in [5.74, 6) is -0.225. The summed E-state index contributed by atoms with van der Waals surface area (Å²) in [5, 5.41) is 1.23. The molecule has 1 unspecified atom stereocenters. The summed E-state index contributed by atoms with van der Waals surface area (Å²) >= 11 is 7.61. The number of hydrogen-bond acceptors (Lipinski definition) is 6. The number of thiazole rings is 1. The number of aromatic nitrogens is 1. The van der Waals surface area contributed by atoms with Crippen molar-refractivity contribution in [2.45, 2.75) is 43.6 Å². The number of nitrogens with zero attached hydrogens (tertiary/aromatic N) is 2. The minimum atomic E-state index is -3.42. The second kappa shape index (κ2) is 9.87. The number of sulfone groups is 1. The third kappa shape index (κ3) is 5.31. The largest absolute Gasteiger partial charge is 0.376 e. The molecule has 6 nitrogen and oxygen atoms in total. The van der Waals surface area contributed by atoms with Crippen LogP contribution in [0.15, 0.2) is 47.4 Å². The third-order valence-electron chi connectivity index (χ3n) is 5.49. The van der Waals surface area contributed by atoms with Gasteiger partial charge in [-0.25, -0.2) is 13.4 Å². The molecule has 0 N–H and O–H groups in total. The zero-order valence-corrected chi connectivity index (χ0v) is 20.2. The Morgan fingerprint density at radius 1 is 1.28 bits per heavy atom. The van der Waals surface area contributed by atoms with Crippen LogP contribution in [-0.2, 0) is 19.4 Å². The Balaban J connectivity index is 1.51. The Morgan fingerprint density at radius 3 is 2.78 bits per heavy atom. The average molecular weight is 493 g/mol. The smallest absolute Gasteiger partial charge is 0.228 e. The van der Waals surface area contributed by atoms with E-state index in [0.717, 1.165) is 28.6 Å². The fraction of sp³-hybridized carbons (Fsp3) is 0.391. The lowest BCUT2D eigenvalue weighted by Crippen LogP contribution is -2.37. The number of aryl methyl sites for hydroxylation is 1. The third-order valence-corrected chi connectivity index (χ3v) is 8.55. The molecule has 4 rings (SSSR count). The first-order valence-electron chi connectivity index (χ1n) is 10.6. The molecule has 0 saturated carbocycles. The van der Waals surface area contributed by atoms with Crippen LogP contribution in [0.5, 0.6) is 0 Å². The number of carbonyl (C=O) groups is 1. The molecule has 1 amide bonds. The van der Waals surface area contributed by atoms with Crippen molar-refractivity contribution in [3.63, 3.8) is 0 Å². The summed E-state index contributed by atoms with van der Waals surface area (Å²) in [6, 6.07) is 12.0. The van der Waals surface area contributed by atoms with E-state index in [-0.39, 0.29) is 35.5 Å². The van der Waals surface area contributed by atoms with Crippen molar-refractivity contribution in [1.82, 2.24) is 4.98 Å². The molecule has 32 heavy (non-hydrogen) atoms.